The first-order valence-electron chi connectivity index (χ1n) is 8.69. The Morgan fingerprint density at radius 2 is 2.14 bits per heavy atom. The van der Waals surface area contributed by atoms with Gasteiger partial charge in [-0.1, -0.05) is 29.1 Å². The van der Waals surface area contributed by atoms with E-state index in [1.54, 1.807) is 36.7 Å². The first-order chi connectivity index (χ1) is 13.5. The summed E-state index contributed by atoms with van der Waals surface area (Å²) in [7, 11) is 1.74. The largest absolute Gasteiger partial charge is 0.339 e. The Balaban J connectivity index is 1.37. The molecule has 0 spiro atoms. The zero-order chi connectivity index (χ0) is 19.7. The van der Waals surface area contributed by atoms with Crippen LogP contribution in [-0.2, 0) is 13.5 Å². The van der Waals surface area contributed by atoms with Gasteiger partial charge in [-0.3, -0.25) is 9.36 Å². The van der Waals surface area contributed by atoms with E-state index in [-0.39, 0.29) is 11.4 Å². The van der Waals surface area contributed by atoms with Crippen molar-refractivity contribution < 1.29 is 8.91 Å². The molecule has 0 aliphatic carbocycles. The molecule has 0 atom stereocenters. The Kier molecular flexibility index (Phi) is 5.27. The summed E-state index contributed by atoms with van der Waals surface area (Å²) in [4.78, 5) is 22.0. The van der Waals surface area contributed by atoms with Gasteiger partial charge in [0.25, 0.3) is 5.56 Å². The molecule has 0 saturated carbocycles. The Morgan fingerprint density at radius 1 is 1.29 bits per heavy atom. The Bertz CT molecular complexity index is 1200. The molecule has 4 aromatic rings. The van der Waals surface area contributed by atoms with Crippen LogP contribution in [0.15, 0.2) is 44.1 Å². The molecule has 144 valence electrons. The lowest BCUT2D eigenvalue weighted by Crippen LogP contribution is -2.19. The molecule has 28 heavy (non-hydrogen) atoms. The van der Waals surface area contributed by atoms with Crippen molar-refractivity contribution in [3.8, 4) is 11.4 Å². The van der Waals surface area contributed by atoms with Crippen LogP contribution in [0, 0.1) is 12.7 Å². The third kappa shape index (κ3) is 3.72. The molecule has 0 unspecified atom stereocenters. The van der Waals surface area contributed by atoms with Crippen LogP contribution in [0.5, 0.6) is 0 Å². The first kappa shape index (κ1) is 18.8. The van der Waals surface area contributed by atoms with Crippen molar-refractivity contribution in [1.82, 2.24) is 19.7 Å². The summed E-state index contributed by atoms with van der Waals surface area (Å²) in [5.74, 6) is 1.36. The van der Waals surface area contributed by atoms with Crippen molar-refractivity contribution >= 4 is 33.3 Å². The van der Waals surface area contributed by atoms with Gasteiger partial charge in [-0.15, -0.1) is 11.3 Å². The third-order valence-electron chi connectivity index (χ3n) is 4.33. The van der Waals surface area contributed by atoms with Crippen molar-refractivity contribution in [2.75, 3.05) is 5.75 Å². The topological polar surface area (TPSA) is 73.8 Å². The van der Waals surface area contributed by atoms with E-state index in [1.165, 1.54) is 29.2 Å². The lowest BCUT2D eigenvalue weighted by Gasteiger charge is -2.06. The van der Waals surface area contributed by atoms with E-state index in [9.17, 15) is 9.18 Å². The zero-order valence-electron chi connectivity index (χ0n) is 15.3. The molecule has 4 rings (SSSR count). The van der Waals surface area contributed by atoms with E-state index in [4.69, 9.17) is 4.52 Å². The number of thiophene rings is 1. The maximum absolute atomic E-state index is 13.7. The molecule has 0 aliphatic rings. The Hall–Kier alpha value is -2.52. The lowest BCUT2D eigenvalue weighted by atomic mass is 10.1. The number of aromatic nitrogens is 4. The number of fused-ring (bicyclic) bond motifs is 1. The smallest absolute Gasteiger partial charge is 0.262 e. The Morgan fingerprint density at radius 3 is 2.96 bits per heavy atom. The molecule has 0 amide bonds. The fourth-order valence-electron chi connectivity index (χ4n) is 2.70. The van der Waals surface area contributed by atoms with Gasteiger partial charge in [-0.05, 0) is 36.4 Å². The van der Waals surface area contributed by atoms with Gasteiger partial charge in [0.1, 0.15) is 10.6 Å². The van der Waals surface area contributed by atoms with E-state index in [0.717, 1.165) is 17.0 Å². The highest BCUT2D eigenvalue weighted by atomic mass is 32.2. The maximum atomic E-state index is 13.7. The highest BCUT2D eigenvalue weighted by molar-refractivity contribution is 7.99. The number of benzene rings is 1. The van der Waals surface area contributed by atoms with Crippen molar-refractivity contribution in [2.24, 2.45) is 7.05 Å². The maximum Gasteiger partial charge on any atom is 0.262 e. The van der Waals surface area contributed by atoms with Crippen LogP contribution in [-0.4, -0.2) is 25.4 Å². The third-order valence-corrected chi connectivity index (χ3v) is 6.25. The number of hydrogen-bond donors (Lipinski definition) is 0. The van der Waals surface area contributed by atoms with E-state index < -0.39 is 0 Å². The number of hydrogen-bond acceptors (Lipinski definition) is 7. The predicted molar refractivity (Wildman–Crippen MR) is 108 cm³/mol. The summed E-state index contributed by atoms with van der Waals surface area (Å²) in [6.45, 7) is 1.71. The fraction of sp³-hybridized carbons (Fsp3) is 0.263. The molecule has 3 heterocycles. The molecular formula is C19H17FN4O2S2. The average Bonchev–Trinajstić information content (AvgIpc) is 3.34. The minimum absolute atomic E-state index is 0.0272. The molecule has 9 heteroatoms. The summed E-state index contributed by atoms with van der Waals surface area (Å²) in [5.41, 5.74) is 1.14. The fourth-order valence-corrected chi connectivity index (χ4v) is 4.42. The van der Waals surface area contributed by atoms with Gasteiger partial charge in [0, 0.05) is 24.8 Å². The lowest BCUT2D eigenvalue weighted by molar-refractivity contribution is 0.378. The second kappa shape index (κ2) is 7.84. The SMILES string of the molecule is Cc1ccc(-c2noc(CCCSc3nc4sccc4c(=O)n3C)n2)cc1F. The second-order valence-corrected chi connectivity index (χ2v) is 8.28. The Labute approximate surface area is 168 Å². The number of aryl methyl sites for hydroxylation is 2. The van der Waals surface area contributed by atoms with Crippen LogP contribution in [0.1, 0.15) is 17.9 Å². The minimum Gasteiger partial charge on any atom is -0.339 e. The van der Waals surface area contributed by atoms with Gasteiger partial charge < -0.3 is 4.52 Å². The van der Waals surface area contributed by atoms with Gasteiger partial charge in [0.2, 0.25) is 11.7 Å². The summed E-state index contributed by atoms with van der Waals surface area (Å²) in [6.07, 6.45) is 1.39. The van der Waals surface area contributed by atoms with Crippen molar-refractivity contribution in [3.05, 3.63) is 57.3 Å². The molecule has 0 saturated heterocycles. The molecule has 0 N–H and O–H groups in total. The summed E-state index contributed by atoms with van der Waals surface area (Å²) in [6, 6.07) is 6.68. The van der Waals surface area contributed by atoms with Crippen LogP contribution < -0.4 is 5.56 Å². The molecule has 0 fully saturated rings. The van der Waals surface area contributed by atoms with Gasteiger partial charge in [-0.25, -0.2) is 9.37 Å². The van der Waals surface area contributed by atoms with Crippen molar-refractivity contribution in [2.45, 2.75) is 24.9 Å². The standard InChI is InChI=1S/C19H17FN4O2S2/c1-11-5-6-12(10-14(11)20)16-21-15(26-23-16)4-3-8-28-19-22-17-13(7-9-27-17)18(25)24(19)2/h5-7,9-10H,3-4,8H2,1-2H3. The van der Waals surface area contributed by atoms with E-state index in [2.05, 4.69) is 15.1 Å². The molecular weight excluding hydrogens is 399 g/mol. The van der Waals surface area contributed by atoms with E-state index in [0.29, 0.717) is 39.8 Å². The van der Waals surface area contributed by atoms with Crippen LogP contribution >= 0.6 is 23.1 Å². The quantitative estimate of drug-likeness (QED) is 0.266. The normalized spacial score (nSPS) is 11.4. The second-order valence-electron chi connectivity index (χ2n) is 6.33. The van der Waals surface area contributed by atoms with Crippen LogP contribution in [0.3, 0.4) is 0 Å². The highest BCUT2D eigenvalue weighted by Crippen LogP contribution is 2.22. The summed E-state index contributed by atoms with van der Waals surface area (Å²) in [5, 5.41) is 7.16. The summed E-state index contributed by atoms with van der Waals surface area (Å²) < 4.78 is 20.6. The molecule has 0 aliphatic heterocycles. The van der Waals surface area contributed by atoms with E-state index >= 15 is 0 Å². The number of halogens is 1. The van der Waals surface area contributed by atoms with Gasteiger partial charge in [0.15, 0.2) is 5.16 Å². The minimum atomic E-state index is -0.291. The monoisotopic (exact) mass is 416 g/mol. The number of nitrogens with zero attached hydrogens (tertiary/aromatic N) is 4. The highest BCUT2D eigenvalue weighted by Gasteiger charge is 2.12. The van der Waals surface area contributed by atoms with E-state index in [1.807, 2.05) is 5.38 Å². The van der Waals surface area contributed by atoms with Gasteiger partial charge in [-0.2, -0.15) is 4.98 Å². The van der Waals surface area contributed by atoms with Crippen molar-refractivity contribution in [3.63, 3.8) is 0 Å². The number of rotatable bonds is 6. The molecule has 6 nitrogen and oxygen atoms in total. The molecule has 1 aromatic carbocycles. The molecule has 3 aromatic heterocycles. The predicted octanol–water partition coefficient (Wildman–Crippen LogP) is 4.22. The molecule has 0 bridgehead atoms. The van der Waals surface area contributed by atoms with Gasteiger partial charge in [0.05, 0.1) is 5.39 Å². The van der Waals surface area contributed by atoms with Gasteiger partial charge >= 0.3 is 0 Å². The first-order valence-corrected chi connectivity index (χ1v) is 10.6. The van der Waals surface area contributed by atoms with Crippen LogP contribution in [0.4, 0.5) is 4.39 Å². The molecule has 0 radical (unpaired) electrons. The average molecular weight is 417 g/mol. The summed E-state index contributed by atoms with van der Waals surface area (Å²) >= 11 is 2.99. The van der Waals surface area contributed by atoms with Crippen molar-refractivity contribution in [1.29, 1.82) is 0 Å². The van der Waals surface area contributed by atoms with Crippen LogP contribution in [0.25, 0.3) is 21.6 Å². The van der Waals surface area contributed by atoms with Crippen LogP contribution in [0.2, 0.25) is 0 Å². The zero-order valence-corrected chi connectivity index (χ0v) is 16.9. The number of thioether (sulfide) groups is 1.